The predicted molar refractivity (Wildman–Crippen MR) is 67.5 cm³/mol. The Bertz CT molecular complexity index is 313. The Balaban J connectivity index is 2.48. The summed E-state index contributed by atoms with van der Waals surface area (Å²) in [5.41, 5.74) is 5.57. The van der Waals surface area contributed by atoms with Crippen molar-refractivity contribution in [1.29, 1.82) is 0 Å². The van der Waals surface area contributed by atoms with Gasteiger partial charge in [0.05, 0.1) is 6.04 Å². The third-order valence-electron chi connectivity index (χ3n) is 3.42. The SMILES string of the molecule is COC(C)C(=O)N1CCN(C(C)C(N)=NO)CC1. The highest BCUT2D eigenvalue weighted by Gasteiger charge is 2.27. The van der Waals surface area contributed by atoms with Crippen molar-refractivity contribution in [3.8, 4) is 0 Å². The third kappa shape index (κ3) is 3.33. The van der Waals surface area contributed by atoms with Gasteiger partial charge >= 0.3 is 0 Å². The summed E-state index contributed by atoms with van der Waals surface area (Å²) in [4.78, 5) is 15.8. The number of carbonyl (C=O) groups excluding carboxylic acids is 1. The molecule has 0 aromatic carbocycles. The molecule has 18 heavy (non-hydrogen) atoms. The molecule has 0 bridgehead atoms. The van der Waals surface area contributed by atoms with Crippen LogP contribution in [-0.2, 0) is 9.53 Å². The number of methoxy groups -OCH3 is 1. The van der Waals surface area contributed by atoms with E-state index in [0.717, 1.165) is 0 Å². The number of amidine groups is 1. The lowest BCUT2D eigenvalue weighted by Gasteiger charge is -2.38. The van der Waals surface area contributed by atoms with E-state index in [4.69, 9.17) is 15.7 Å². The largest absolute Gasteiger partial charge is 0.409 e. The number of amides is 1. The molecule has 1 amide bonds. The van der Waals surface area contributed by atoms with E-state index >= 15 is 0 Å². The van der Waals surface area contributed by atoms with Gasteiger partial charge in [-0.3, -0.25) is 9.69 Å². The van der Waals surface area contributed by atoms with Crippen molar-refractivity contribution in [2.45, 2.75) is 26.0 Å². The summed E-state index contributed by atoms with van der Waals surface area (Å²) in [5, 5.41) is 11.6. The smallest absolute Gasteiger partial charge is 0.251 e. The summed E-state index contributed by atoms with van der Waals surface area (Å²) in [6.45, 7) is 6.31. The second-order valence-corrected chi connectivity index (χ2v) is 4.44. The van der Waals surface area contributed by atoms with E-state index in [2.05, 4.69) is 10.1 Å². The molecule has 1 saturated heterocycles. The van der Waals surface area contributed by atoms with Crippen LogP contribution in [0.25, 0.3) is 0 Å². The number of hydrogen-bond acceptors (Lipinski definition) is 5. The van der Waals surface area contributed by atoms with Crippen molar-refractivity contribution >= 4 is 11.7 Å². The summed E-state index contributed by atoms with van der Waals surface area (Å²) < 4.78 is 5.02. The maximum Gasteiger partial charge on any atom is 0.251 e. The topological polar surface area (TPSA) is 91.4 Å². The Morgan fingerprint density at radius 1 is 1.33 bits per heavy atom. The summed E-state index contributed by atoms with van der Waals surface area (Å²) in [6.07, 6.45) is -0.405. The van der Waals surface area contributed by atoms with Crippen LogP contribution in [0.5, 0.6) is 0 Å². The van der Waals surface area contributed by atoms with Gasteiger partial charge in [0.15, 0.2) is 5.84 Å². The van der Waals surface area contributed by atoms with Crippen LogP contribution < -0.4 is 5.73 Å². The Morgan fingerprint density at radius 2 is 1.89 bits per heavy atom. The molecule has 0 aromatic heterocycles. The minimum atomic E-state index is -0.405. The molecule has 2 unspecified atom stereocenters. The fourth-order valence-electron chi connectivity index (χ4n) is 1.96. The van der Waals surface area contributed by atoms with Gasteiger partial charge in [-0.25, -0.2) is 0 Å². The minimum Gasteiger partial charge on any atom is -0.409 e. The first-order chi connectivity index (χ1) is 8.51. The maximum atomic E-state index is 11.9. The zero-order valence-electron chi connectivity index (χ0n) is 11.2. The van der Waals surface area contributed by atoms with E-state index in [9.17, 15) is 4.79 Å². The molecule has 0 saturated carbocycles. The number of hydrogen-bond donors (Lipinski definition) is 2. The number of nitrogens with zero attached hydrogens (tertiary/aromatic N) is 3. The van der Waals surface area contributed by atoms with E-state index in [1.807, 2.05) is 6.92 Å². The number of nitrogens with two attached hydrogens (primary N) is 1. The van der Waals surface area contributed by atoms with Crippen LogP contribution in [0, 0.1) is 0 Å². The lowest BCUT2D eigenvalue weighted by Crippen LogP contribution is -2.55. The molecule has 1 aliphatic heterocycles. The van der Waals surface area contributed by atoms with Gasteiger partial charge in [-0.05, 0) is 13.8 Å². The van der Waals surface area contributed by atoms with Gasteiger partial charge in [0.25, 0.3) is 5.91 Å². The average molecular weight is 258 g/mol. The standard InChI is InChI=1S/C11H22N4O3/c1-8(10(12)13-17)14-4-6-15(7-5-14)11(16)9(2)18-3/h8-9,17H,4-7H2,1-3H3,(H2,12,13). The molecule has 1 aliphatic rings. The van der Waals surface area contributed by atoms with Crippen molar-refractivity contribution in [2.24, 2.45) is 10.9 Å². The van der Waals surface area contributed by atoms with Crippen molar-refractivity contribution in [3.05, 3.63) is 0 Å². The maximum absolute atomic E-state index is 11.9. The first kappa shape index (κ1) is 14.7. The Morgan fingerprint density at radius 3 is 2.33 bits per heavy atom. The van der Waals surface area contributed by atoms with E-state index in [-0.39, 0.29) is 17.8 Å². The second kappa shape index (κ2) is 6.55. The van der Waals surface area contributed by atoms with E-state index in [1.54, 1.807) is 11.8 Å². The van der Waals surface area contributed by atoms with Gasteiger partial charge in [-0.2, -0.15) is 0 Å². The lowest BCUT2D eigenvalue weighted by molar-refractivity contribution is -0.142. The van der Waals surface area contributed by atoms with Gasteiger partial charge < -0.3 is 20.6 Å². The number of rotatable bonds is 4. The van der Waals surface area contributed by atoms with Crippen molar-refractivity contribution < 1.29 is 14.7 Å². The molecule has 104 valence electrons. The molecule has 1 fully saturated rings. The molecule has 7 heteroatoms. The fraction of sp³-hybridized carbons (Fsp3) is 0.818. The van der Waals surface area contributed by atoms with Crippen LogP contribution in [0.2, 0.25) is 0 Å². The second-order valence-electron chi connectivity index (χ2n) is 4.44. The Labute approximate surface area is 107 Å². The Hall–Kier alpha value is -1.34. The van der Waals surface area contributed by atoms with E-state index < -0.39 is 6.10 Å². The molecule has 0 spiro atoms. The highest BCUT2D eigenvalue weighted by molar-refractivity contribution is 5.85. The first-order valence-electron chi connectivity index (χ1n) is 6.04. The quantitative estimate of drug-likeness (QED) is 0.301. The zero-order valence-corrected chi connectivity index (χ0v) is 11.2. The third-order valence-corrected chi connectivity index (χ3v) is 3.42. The van der Waals surface area contributed by atoms with Crippen LogP contribution in [0.4, 0.5) is 0 Å². The number of piperazine rings is 1. The average Bonchev–Trinajstić information content (AvgIpc) is 2.44. The van der Waals surface area contributed by atoms with Crippen molar-refractivity contribution in [1.82, 2.24) is 9.80 Å². The number of ether oxygens (including phenoxy) is 1. The molecule has 0 radical (unpaired) electrons. The van der Waals surface area contributed by atoms with E-state index in [0.29, 0.717) is 26.2 Å². The highest BCUT2D eigenvalue weighted by atomic mass is 16.5. The molecule has 1 rings (SSSR count). The fourth-order valence-corrected chi connectivity index (χ4v) is 1.96. The van der Waals surface area contributed by atoms with Crippen LogP contribution in [0.15, 0.2) is 5.16 Å². The monoisotopic (exact) mass is 258 g/mol. The molecule has 0 aliphatic carbocycles. The highest BCUT2D eigenvalue weighted by Crippen LogP contribution is 2.08. The lowest BCUT2D eigenvalue weighted by atomic mass is 10.2. The van der Waals surface area contributed by atoms with Crippen molar-refractivity contribution in [2.75, 3.05) is 33.3 Å². The normalized spacial score (nSPS) is 21.7. The molecular formula is C11H22N4O3. The number of oxime groups is 1. The summed E-state index contributed by atoms with van der Waals surface area (Å²) in [7, 11) is 1.53. The predicted octanol–water partition coefficient (Wildman–Crippen LogP) is -0.700. The van der Waals surface area contributed by atoms with Crippen LogP contribution in [0.3, 0.4) is 0 Å². The first-order valence-corrected chi connectivity index (χ1v) is 6.04. The molecule has 0 aromatic rings. The summed E-state index contributed by atoms with van der Waals surface area (Å²) >= 11 is 0. The minimum absolute atomic E-state index is 0.00796. The van der Waals surface area contributed by atoms with E-state index in [1.165, 1.54) is 7.11 Å². The van der Waals surface area contributed by atoms with Crippen LogP contribution in [-0.4, -0.2) is 72.2 Å². The molecular weight excluding hydrogens is 236 g/mol. The summed E-state index contributed by atoms with van der Waals surface area (Å²) in [5.74, 6) is 0.202. The molecule has 1 heterocycles. The van der Waals surface area contributed by atoms with Crippen molar-refractivity contribution in [3.63, 3.8) is 0 Å². The summed E-state index contributed by atoms with van der Waals surface area (Å²) in [6, 6.07) is -0.118. The van der Waals surface area contributed by atoms with Gasteiger partial charge in [-0.15, -0.1) is 0 Å². The zero-order chi connectivity index (χ0) is 13.7. The Kier molecular flexibility index (Phi) is 5.36. The molecule has 7 nitrogen and oxygen atoms in total. The van der Waals surface area contributed by atoms with Gasteiger partial charge in [0, 0.05) is 33.3 Å². The van der Waals surface area contributed by atoms with Gasteiger partial charge in [-0.1, -0.05) is 5.16 Å². The molecule has 2 atom stereocenters. The van der Waals surface area contributed by atoms with Gasteiger partial charge in [0.1, 0.15) is 6.10 Å². The van der Waals surface area contributed by atoms with Gasteiger partial charge in [0.2, 0.25) is 0 Å². The number of carbonyl (C=O) groups is 1. The van der Waals surface area contributed by atoms with Crippen LogP contribution in [0.1, 0.15) is 13.8 Å². The molecule has 3 N–H and O–H groups in total. The van der Waals surface area contributed by atoms with Crippen LogP contribution >= 0.6 is 0 Å².